The number of nitrogens with zero attached hydrogens (tertiary/aromatic N) is 1. The Bertz CT molecular complexity index is 503. The van der Waals surface area contributed by atoms with Gasteiger partial charge >= 0.3 is 0 Å². The van der Waals surface area contributed by atoms with Gasteiger partial charge in [0.25, 0.3) is 11.6 Å². The second-order valence-electron chi connectivity index (χ2n) is 5.27. The SMILES string of the molecule is CC(C)CCC(C)NC(=O)c1ccc([N+](=O)[O-])c(Cl)c1. The Morgan fingerprint density at radius 3 is 2.50 bits per heavy atom. The maximum absolute atomic E-state index is 12.0. The van der Waals surface area contributed by atoms with E-state index < -0.39 is 4.92 Å². The summed E-state index contributed by atoms with van der Waals surface area (Å²) in [5.74, 6) is 0.321. The molecule has 0 aliphatic rings. The van der Waals surface area contributed by atoms with Crippen LogP contribution in [0, 0.1) is 16.0 Å². The van der Waals surface area contributed by atoms with Gasteiger partial charge in [-0.05, 0) is 37.8 Å². The quantitative estimate of drug-likeness (QED) is 0.641. The lowest BCUT2D eigenvalue weighted by Crippen LogP contribution is -2.32. The molecular weight excluding hydrogens is 280 g/mol. The first-order chi connectivity index (χ1) is 9.31. The molecule has 1 N–H and O–H groups in total. The summed E-state index contributed by atoms with van der Waals surface area (Å²) >= 11 is 5.79. The van der Waals surface area contributed by atoms with Crippen molar-refractivity contribution in [3.63, 3.8) is 0 Å². The van der Waals surface area contributed by atoms with E-state index in [9.17, 15) is 14.9 Å². The molecule has 0 saturated heterocycles. The third-order valence-electron chi connectivity index (χ3n) is 2.96. The zero-order valence-electron chi connectivity index (χ0n) is 11.9. The summed E-state index contributed by atoms with van der Waals surface area (Å²) < 4.78 is 0. The minimum Gasteiger partial charge on any atom is -0.350 e. The molecule has 0 saturated carbocycles. The van der Waals surface area contributed by atoms with E-state index in [0.29, 0.717) is 11.5 Å². The Balaban J connectivity index is 2.68. The second-order valence-corrected chi connectivity index (χ2v) is 5.68. The van der Waals surface area contributed by atoms with Crippen molar-refractivity contribution in [2.75, 3.05) is 0 Å². The second kappa shape index (κ2) is 7.24. The number of carbonyl (C=O) groups is 1. The normalized spacial score (nSPS) is 12.2. The van der Waals surface area contributed by atoms with Crippen molar-refractivity contribution in [1.29, 1.82) is 0 Å². The number of nitro benzene ring substituents is 1. The molecule has 1 atom stereocenters. The van der Waals surface area contributed by atoms with Gasteiger partial charge in [0.1, 0.15) is 5.02 Å². The Morgan fingerprint density at radius 2 is 2.00 bits per heavy atom. The van der Waals surface area contributed by atoms with Gasteiger partial charge in [0.15, 0.2) is 0 Å². The van der Waals surface area contributed by atoms with Crippen LogP contribution in [0.1, 0.15) is 44.0 Å². The number of rotatable bonds is 6. The molecule has 0 spiro atoms. The Kier molecular flexibility index (Phi) is 5.95. The number of benzene rings is 1. The Hall–Kier alpha value is -1.62. The van der Waals surface area contributed by atoms with Crippen LogP contribution in [0.4, 0.5) is 5.69 Å². The van der Waals surface area contributed by atoms with E-state index in [2.05, 4.69) is 19.2 Å². The summed E-state index contributed by atoms with van der Waals surface area (Å²) in [6.45, 7) is 6.20. The van der Waals surface area contributed by atoms with E-state index in [0.717, 1.165) is 12.8 Å². The van der Waals surface area contributed by atoms with Crippen molar-refractivity contribution in [2.24, 2.45) is 5.92 Å². The fraction of sp³-hybridized carbons (Fsp3) is 0.500. The van der Waals surface area contributed by atoms with Gasteiger partial charge in [0.2, 0.25) is 0 Å². The van der Waals surface area contributed by atoms with Crippen molar-refractivity contribution in [2.45, 2.75) is 39.7 Å². The molecule has 1 rings (SSSR count). The van der Waals surface area contributed by atoms with Gasteiger partial charge in [-0.2, -0.15) is 0 Å². The Morgan fingerprint density at radius 1 is 1.35 bits per heavy atom. The lowest BCUT2D eigenvalue weighted by atomic mass is 10.0. The van der Waals surface area contributed by atoms with Gasteiger partial charge in [-0.1, -0.05) is 25.4 Å². The minimum atomic E-state index is -0.574. The average molecular weight is 299 g/mol. The van der Waals surface area contributed by atoms with Crippen LogP contribution in [0.25, 0.3) is 0 Å². The summed E-state index contributed by atoms with van der Waals surface area (Å²) in [6, 6.07) is 4.04. The van der Waals surface area contributed by atoms with E-state index >= 15 is 0 Å². The molecular formula is C14H19ClN2O3. The summed E-state index contributed by atoms with van der Waals surface area (Å²) in [5, 5.41) is 13.5. The number of amides is 1. The molecule has 6 heteroatoms. The highest BCUT2D eigenvalue weighted by atomic mass is 35.5. The largest absolute Gasteiger partial charge is 0.350 e. The monoisotopic (exact) mass is 298 g/mol. The molecule has 0 aromatic heterocycles. The standard InChI is InChI=1S/C14H19ClN2O3/c1-9(2)4-5-10(3)16-14(18)11-6-7-13(17(19)20)12(15)8-11/h6-10H,4-5H2,1-3H3,(H,16,18). The number of nitro groups is 1. The molecule has 1 aromatic rings. The fourth-order valence-electron chi connectivity index (χ4n) is 1.76. The molecule has 0 bridgehead atoms. The molecule has 5 nitrogen and oxygen atoms in total. The van der Waals surface area contributed by atoms with Crippen LogP contribution in [0.5, 0.6) is 0 Å². The highest BCUT2D eigenvalue weighted by Crippen LogP contribution is 2.25. The molecule has 0 radical (unpaired) electrons. The van der Waals surface area contributed by atoms with Gasteiger partial charge < -0.3 is 5.32 Å². The first-order valence-corrected chi connectivity index (χ1v) is 6.94. The van der Waals surface area contributed by atoms with E-state index in [1.165, 1.54) is 18.2 Å². The predicted molar refractivity (Wildman–Crippen MR) is 79.1 cm³/mol. The van der Waals surface area contributed by atoms with Crippen molar-refractivity contribution in [1.82, 2.24) is 5.32 Å². The van der Waals surface area contributed by atoms with Gasteiger partial charge in [0, 0.05) is 17.7 Å². The topological polar surface area (TPSA) is 72.2 Å². The third-order valence-corrected chi connectivity index (χ3v) is 3.26. The molecule has 0 aliphatic carbocycles. The Labute approximate surface area is 123 Å². The van der Waals surface area contributed by atoms with Crippen LogP contribution in [-0.4, -0.2) is 16.9 Å². The zero-order valence-corrected chi connectivity index (χ0v) is 12.6. The number of nitrogens with one attached hydrogen (secondary N) is 1. The van der Waals surface area contributed by atoms with Gasteiger partial charge in [-0.15, -0.1) is 0 Å². The lowest BCUT2D eigenvalue weighted by Gasteiger charge is -2.15. The third kappa shape index (κ3) is 4.81. The van der Waals surface area contributed by atoms with Gasteiger partial charge in [0.05, 0.1) is 4.92 Å². The van der Waals surface area contributed by atoms with E-state index in [4.69, 9.17) is 11.6 Å². The van der Waals surface area contributed by atoms with E-state index in [-0.39, 0.29) is 22.7 Å². The van der Waals surface area contributed by atoms with Crippen molar-refractivity contribution >= 4 is 23.2 Å². The number of halogens is 1. The molecule has 110 valence electrons. The predicted octanol–water partition coefficient (Wildman–Crippen LogP) is 3.80. The smallest absolute Gasteiger partial charge is 0.287 e. The highest BCUT2D eigenvalue weighted by molar-refractivity contribution is 6.33. The molecule has 1 aromatic carbocycles. The van der Waals surface area contributed by atoms with Gasteiger partial charge in [-0.25, -0.2) is 0 Å². The van der Waals surface area contributed by atoms with Crippen LogP contribution < -0.4 is 5.32 Å². The number of hydrogen-bond acceptors (Lipinski definition) is 3. The average Bonchev–Trinajstić information content (AvgIpc) is 2.35. The van der Waals surface area contributed by atoms with Crippen LogP contribution in [0.2, 0.25) is 5.02 Å². The first kappa shape index (κ1) is 16.4. The van der Waals surface area contributed by atoms with Crippen LogP contribution >= 0.6 is 11.6 Å². The van der Waals surface area contributed by atoms with Crippen LogP contribution in [-0.2, 0) is 0 Å². The maximum Gasteiger partial charge on any atom is 0.287 e. The maximum atomic E-state index is 12.0. The molecule has 0 heterocycles. The van der Waals surface area contributed by atoms with Crippen LogP contribution in [0.15, 0.2) is 18.2 Å². The summed E-state index contributed by atoms with van der Waals surface area (Å²) in [6.07, 6.45) is 1.92. The summed E-state index contributed by atoms with van der Waals surface area (Å²) in [7, 11) is 0. The highest BCUT2D eigenvalue weighted by Gasteiger charge is 2.16. The molecule has 1 unspecified atom stereocenters. The van der Waals surface area contributed by atoms with Crippen molar-refractivity contribution in [3.05, 3.63) is 38.9 Å². The fourth-order valence-corrected chi connectivity index (χ4v) is 2.01. The molecule has 20 heavy (non-hydrogen) atoms. The van der Waals surface area contributed by atoms with E-state index in [1.54, 1.807) is 0 Å². The van der Waals surface area contributed by atoms with Crippen molar-refractivity contribution < 1.29 is 9.72 Å². The van der Waals surface area contributed by atoms with Crippen LogP contribution in [0.3, 0.4) is 0 Å². The number of hydrogen-bond donors (Lipinski definition) is 1. The first-order valence-electron chi connectivity index (χ1n) is 6.56. The van der Waals surface area contributed by atoms with Crippen molar-refractivity contribution in [3.8, 4) is 0 Å². The van der Waals surface area contributed by atoms with E-state index in [1.807, 2.05) is 6.92 Å². The minimum absolute atomic E-state index is 0.0301. The molecule has 1 amide bonds. The molecule has 0 fully saturated rings. The molecule has 0 aliphatic heterocycles. The zero-order chi connectivity index (χ0) is 15.3. The summed E-state index contributed by atoms with van der Waals surface area (Å²) in [4.78, 5) is 22.1. The van der Waals surface area contributed by atoms with Gasteiger partial charge in [-0.3, -0.25) is 14.9 Å². The summed E-state index contributed by atoms with van der Waals surface area (Å²) in [5.41, 5.74) is 0.132. The lowest BCUT2D eigenvalue weighted by molar-refractivity contribution is -0.384. The number of carbonyl (C=O) groups excluding carboxylic acids is 1.